The SMILES string of the molecule is CC(C)c1noc(CCCNc2nc(-c3ccccc3)cs2)n1. The lowest BCUT2D eigenvalue weighted by Gasteiger charge is -2.00. The van der Waals surface area contributed by atoms with Crippen molar-refractivity contribution in [1.82, 2.24) is 15.1 Å². The Balaban J connectivity index is 1.46. The summed E-state index contributed by atoms with van der Waals surface area (Å²) in [5.41, 5.74) is 2.15. The summed E-state index contributed by atoms with van der Waals surface area (Å²) < 4.78 is 5.24. The summed E-state index contributed by atoms with van der Waals surface area (Å²) in [6.07, 6.45) is 1.71. The van der Waals surface area contributed by atoms with Crippen LogP contribution in [-0.2, 0) is 6.42 Å². The molecule has 0 fully saturated rings. The first-order valence-electron chi connectivity index (χ1n) is 7.79. The van der Waals surface area contributed by atoms with Crippen molar-refractivity contribution in [2.75, 3.05) is 11.9 Å². The van der Waals surface area contributed by atoms with E-state index >= 15 is 0 Å². The Morgan fingerprint density at radius 3 is 2.74 bits per heavy atom. The van der Waals surface area contributed by atoms with Gasteiger partial charge in [0.05, 0.1) is 5.69 Å². The predicted molar refractivity (Wildman–Crippen MR) is 92.7 cm³/mol. The van der Waals surface area contributed by atoms with Crippen LogP contribution in [-0.4, -0.2) is 21.7 Å². The van der Waals surface area contributed by atoms with E-state index in [2.05, 4.69) is 51.8 Å². The summed E-state index contributed by atoms with van der Waals surface area (Å²) in [6, 6.07) is 10.2. The Hall–Kier alpha value is -2.21. The number of aryl methyl sites for hydroxylation is 1. The highest BCUT2D eigenvalue weighted by molar-refractivity contribution is 7.14. The molecule has 120 valence electrons. The second kappa shape index (κ2) is 7.37. The maximum Gasteiger partial charge on any atom is 0.226 e. The molecule has 0 unspecified atom stereocenters. The molecule has 0 spiro atoms. The third kappa shape index (κ3) is 4.16. The fourth-order valence-corrected chi connectivity index (χ4v) is 2.88. The van der Waals surface area contributed by atoms with Gasteiger partial charge in [0.15, 0.2) is 11.0 Å². The van der Waals surface area contributed by atoms with Gasteiger partial charge in [-0.3, -0.25) is 0 Å². The third-order valence-electron chi connectivity index (χ3n) is 3.42. The van der Waals surface area contributed by atoms with Crippen molar-refractivity contribution in [2.45, 2.75) is 32.6 Å². The van der Waals surface area contributed by atoms with Gasteiger partial charge >= 0.3 is 0 Å². The van der Waals surface area contributed by atoms with Crippen molar-refractivity contribution in [3.8, 4) is 11.3 Å². The Kier molecular flexibility index (Phi) is 5.02. The zero-order valence-electron chi connectivity index (χ0n) is 13.3. The molecule has 0 aliphatic heterocycles. The van der Waals surface area contributed by atoms with E-state index in [1.54, 1.807) is 11.3 Å². The first-order valence-corrected chi connectivity index (χ1v) is 8.67. The fraction of sp³-hybridized carbons (Fsp3) is 0.353. The molecule has 3 rings (SSSR count). The summed E-state index contributed by atoms with van der Waals surface area (Å²) in [6.45, 7) is 4.95. The maximum absolute atomic E-state index is 5.24. The van der Waals surface area contributed by atoms with E-state index in [4.69, 9.17) is 4.52 Å². The lowest BCUT2D eigenvalue weighted by molar-refractivity contribution is 0.369. The van der Waals surface area contributed by atoms with E-state index in [0.29, 0.717) is 11.8 Å². The zero-order valence-corrected chi connectivity index (χ0v) is 14.1. The van der Waals surface area contributed by atoms with Gasteiger partial charge < -0.3 is 9.84 Å². The molecule has 2 heterocycles. The van der Waals surface area contributed by atoms with Gasteiger partial charge in [0, 0.05) is 29.8 Å². The van der Waals surface area contributed by atoms with E-state index in [0.717, 1.165) is 41.6 Å². The Bertz CT molecular complexity index is 736. The Labute approximate surface area is 139 Å². The van der Waals surface area contributed by atoms with Gasteiger partial charge in [-0.2, -0.15) is 4.98 Å². The van der Waals surface area contributed by atoms with Crippen LogP contribution in [0.2, 0.25) is 0 Å². The van der Waals surface area contributed by atoms with Gasteiger partial charge in [0.2, 0.25) is 5.89 Å². The highest BCUT2D eigenvalue weighted by Crippen LogP contribution is 2.24. The zero-order chi connectivity index (χ0) is 16.1. The second-order valence-electron chi connectivity index (χ2n) is 5.64. The molecule has 0 atom stereocenters. The molecule has 2 aromatic heterocycles. The molecule has 0 saturated carbocycles. The number of hydrogen-bond acceptors (Lipinski definition) is 6. The molecule has 0 radical (unpaired) electrons. The summed E-state index contributed by atoms with van der Waals surface area (Å²) in [4.78, 5) is 8.99. The lowest BCUT2D eigenvalue weighted by atomic mass is 10.2. The second-order valence-corrected chi connectivity index (χ2v) is 6.49. The van der Waals surface area contributed by atoms with Crippen LogP contribution in [0, 0.1) is 0 Å². The fourth-order valence-electron chi connectivity index (χ4n) is 2.14. The summed E-state index contributed by atoms with van der Waals surface area (Å²) in [5.74, 6) is 1.79. The number of hydrogen-bond donors (Lipinski definition) is 1. The molecule has 23 heavy (non-hydrogen) atoms. The monoisotopic (exact) mass is 328 g/mol. The van der Waals surface area contributed by atoms with E-state index in [1.165, 1.54) is 0 Å². The minimum absolute atomic E-state index is 0.303. The molecule has 0 saturated heterocycles. The molecule has 5 nitrogen and oxygen atoms in total. The average molecular weight is 328 g/mol. The van der Waals surface area contributed by atoms with Crippen molar-refractivity contribution in [3.05, 3.63) is 47.4 Å². The summed E-state index contributed by atoms with van der Waals surface area (Å²) in [5, 5.41) is 10.3. The number of benzene rings is 1. The lowest BCUT2D eigenvalue weighted by Crippen LogP contribution is -2.03. The topological polar surface area (TPSA) is 63.8 Å². The molecule has 0 amide bonds. The van der Waals surface area contributed by atoms with Gasteiger partial charge in [0.1, 0.15) is 0 Å². The van der Waals surface area contributed by atoms with Gasteiger partial charge in [-0.15, -0.1) is 11.3 Å². The molecule has 0 aliphatic carbocycles. The van der Waals surface area contributed by atoms with Crippen molar-refractivity contribution >= 4 is 16.5 Å². The minimum Gasteiger partial charge on any atom is -0.361 e. The standard InChI is InChI=1S/C17H20N4OS/c1-12(2)16-20-15(22-21-16)9-6-10-18-17-19-14(11-23-17)13-7-4-3-5-8-13/h3-5,7-8,11-12H,6,9-10H2,1-2H3,(H,18,19). The van der Waals surface area contributed by atoms with Crippen LogP contribution >= 0.6 is 11.3 Å². The largest absolute Gasteiger partial charge is 0.361 e. The molecule has 1 aromatic carbocycles. The molecular weight excluding hydrogens is 308 g/mol. The van der Waals surface area contributed by atoms with Crippen molar-refractivity contribution in [1.29, 1.82) is 0 Å². The molecule has 3 aromatic rings. The first kappa shape index (κ1) is 15.7. The van der Waals surface area contributed by atoms with Crippen LogP contribution < -0.4 is 5.32 Å². The van der Waals surface area contributed by atoms with Gasteiger partial charge in [-0.1, -0.05) is 49.3 Å². The smallest absolute Gasteiger partial charge is 0.226 e. The third-order valence-corrected chi connectivity index (χ3v) is 4.22. The number of nitrogens with zero attached hydrogens (tertiary/aromatic N) is 3. The van der Waals surface area contributed by atoms with Crippen molar-refractivity contribution < 1.29 is 4.52 Å². The Morgan fingerprint density at radius 1 is 1.17 bits per heavy atom. The quantitative estimate of drug-likeness (QED) is 0.653. The van der Waals surface area contributed by atoms with Gasteiger partial charge in [-0.05, 0) is 6.42 Å². The molecular formula is C17H20N4OS. The summed E-state index contributed by atoms with van der Waals surface area (Å²) in [7, 11) is 0. The number of aromatic nitrogens is 3. The average Bonchev–Trinajstić information content (AvgIpc) is 3.22. The highest BCUT2D eigenvalue weighted by atomic mass is 32.1. The molecule has 0 aliphatic rings. The van der Waals surface area contributed by atoms with Crippen LogP contribution in [0.25, 0.3) is 11.3 Å². The van der Waals surface area contributed by atoms with Crippen molar-refractivity contribution in [3.63, 3.8) is 0 Å². The van der Waals surface area contributed by atoms with Gasteiger partial charge in [-0.25, -0.2) is 4.98 Å². The van der Waals surface area contributed by atoms with E-state index in [1.807, 2.05) is 18.2 Å². The van der Waals surface area contributed by atoms with Crippen LogP contribution in [0.4, 0.5) is 5.13 Å². The van der Waals surface area contributed by atoms with Gasteiger partial charge in [0.25, 0.3) is 0 Å². The van der Waals surface area contributed by atoms with Crippen LogP contribution in [0.3, 0.4) is 0 Å². The highest BCUT2D eigenvalue weighted by Gasteiger charge is 2.09. The maximum atomic E-state index is 5.24. The molecule has 6 heteroatoms. The summed E-state index contributed by atoms with van der Waals surface area (Å²) >= 11 is 1.63. The number of nitrogens with one attached hydrogen (secondary N) is 1. The van der Waals surface area contributed by atoms with Crippen LogP contribution in [0.1, 0.15) is 37.9 Å². The van der Waals surface area contributed by atoms with E-state index in [9.17, 15) is 0 Å². The van der Waals surface area contributed by atoms with Crippen LogP contribution in [0.5, 0.6) is 0 Å². The van der Waals surface area contributed by atoms with E-state index < -0.39 is 0 Å². The molecule has 1 N–H and O–H groups in total. The predicted octanol–water partition coefficient (Wildman–Crippen LogP) is 4.36. The minimum atomic E-state index is 0.303. The Morgan fingerprint density at radius 2 is 2.00 bits per heavy atom. The normalized spacial score (nSPS) is 11.1. The number of thiazole rings is 1. The molecule has 0 bridgehead atoms. The first-order chi connectivity index (χ1) is 11.2. The van der Waals surface area contributed by atoms with Crippen LogP contribution in [0.15, 0.2) is 40.2 Å². The van der Waals surface area contributed by atoms with Crippen molar-refractivity contribution in [2.24, 2.45) is 0 Å². The number of anilines is 1. The number of rotatable bonds is 7. The van der Waals surface area contributed by atoms with E-state index in [-0.39, 0.29) is 0 Å².